The predicted molar refractivity (Wildman–Crippen MR) is 79.4 cm³/mol. The van der Waals surface area contributed by atoms with Crippen LogP contribution < -0.4 is 11.1 Å². The molecule has 2 rings (SSSR count). The molecule has 1 aliphatic heterocycles. The van der Waals surface area contributed by atoms with Gasteiger partial charge in [0.2, 0.25) is 5.91 Å². The minimum Gasteiger partial charge on any atom is -0.377 e. The highest BCUT2D eigenvalue weighted by atomic mass is 16.5. The van der Waals surface area contributed by atoms with Crippen LogP contribution in [0.1, 0.15) is 18.9 Å². The summed E-state index contributed by atoms with van der Waals surface area (Å²) in [4.78, 5) is 14.2. The van der Waals surface area contributed by atoms with Crippen molar-refractivity contribution >= 4 is 11.6 Å². The monoisotopic (exact) mass is 277 g/mol. The van der Waals surface area contributed by atoms with Gasteiger partial charge in [0.05, 0.1) is 12.6 Å². The van der Waals surface area contributed by atoms with Crippen LogP contribution in [0.5, 0.6) is 0 Å². The molecule has 0 aromatic heterocycles. The first-order chi connectivity index (χ1) is 9.67. The largest absolute Gasteiger partial charge is 0.377 e. The fourth-order valence-corrected chi connectivity index (χ4v) is 2.35. The molecule has 0 spiro atoms. The van der Waals surface area contributed by atoms with Gasteiger partial charge in [0.15, 0.2) is 0 Å². The number of nitrogens with one attached hydrogen (secondary N) is 1. The quantitative estimate of drug-likeness (QED) is 0.867. The van der Waals surface area contributed by atoms with E-state index in [-0.39, 0.29) is 12.0 Å². The maximum atomic E-state index is 12.0. The summed E-state index contributed by atoms with van der Waals surface area (Å²) in [5.74, 6) is 0.0135. The number of benzene rings is 1. The van der Waals surface area contributed by atoms with E-state index in [2.05, 4.69) is 10.2 Å². The minimum atomic E-state index is 0.0135. The van der Waals surface area contributed by atoms with E-state index in [1.165, 1.54) is 0 Å². The van der Waals surface area contributed by atoms with Crippen LogP contribution in [0.4, 0.5) is 5.69 Å². The van der Waals surface area contributed by atoms with Crippen molar-refractivity contribution in [2.24, 2.45) is 5.73 Å². The Bertz CT molecular complexity index is 433. The summed E-state index contributed by atoms with van der Waals surface area (Å²) in [7, 11) is 0. The first kappa shape index (κ1) is 15.0. The zero-order valence-corrected chi connectivity index (χ0v) is 12.0. The molecule has 1 amide bonds. The van der Waals surface area contributed by atoms with E-state index in [0.29, 0.717) is 13.1 Å². The SMILES string of the molecule is CC1CN(CC(=O)Nc2ccc(CN)cc2)CCCO1. The van der Waals surface area contributed by atoms with E-state index in [1.807, 2.05) is 31.2 Å². The maximum absolute atomic E-state index is 12.0. The van der Waals surface area contributed by atoms with Crippen LogP contribution in [-0.4, -0.2) is 43.2 Å². The summed E-state index contributed by atoms with van der Waals surface area (Å²) >= 11 is 0. The van der Waals surface area contributed by atoms with Crippen molar-refractivity contribution in [3.05, 3.63) is 29.8 Å². The van der Waals surface area contributed by atoms with Crippen molar-refractivity contribution in [3.63, 3.8) is 0 Å². The van der Waals surface area contributed by atoms with Gasteiger partial charge in [-0.1, -0.05) is 12.1 Å². The molecule has 3 N–H and O–H groups in total. The number of carbonyl (C=O) groups excluding carboxylic acids is 1. The van der Waals surface area contributed by atoms with Crippen LogP contribution in [0.3, 0.4) is 0 Å². The second-order valence-electron chi connectivity index (χ2n) is 5.22. The van der Waals surface area contributed by atoms with Crippen molar-refractivity contribution in [1.82, 2.24) is 4.90 Å². The van der Waals surface area contributed by atoms with E-state index >= 15 is 0 Å². The van der Waals surface area contributed by atoms with Gasteiger partial charge < -0.3 is 15.8 Å². The summed E-state index contributed by atoms with van der Waals surface area (Å²) in [6, 6.07) is 7.62. The molecule has 1 aliphatic rings. The third-order valence-electron chi connectivity index (χ3n) is 3.38. The standard InChI is InChI=1S/C15H23N3O2/c1-12-10-18(7-2-8-20-12)11-15(19)17-14-5-3-13(9-16)4-6-14/h3-6,12H,2,7-11,16H2,1H3,(H,17,19). The lowest BCUT2D eigenvalue weighted by molar-refractivity contribution is -0.117. The lowest BCUT2D eigenvalue weighted by atomic mass is 10.2. The Balaban J connectivity index is 1.84. The van der Waals surface area contributed by atoms with Gasteiger partial charge in [0, 0.05) is 31.9 Å². The van der Waals surface area contributed by atoms with Gasteiger partial charge in [-0.25, -0.2) is 0 Å². The summed E-state index contributed by atoms with van der Waals surface area (Å²) in [6.07, 6.45) is 1.16. The van der Waals surface area contributed by atoms with Gasteiger partial charge in [0.1, 0.15) is 0 Å². The summed E-state index contributed by atoms with van der Waals surface area (Å²) in [5.41, 5.74) is 7.42. The molecule has 0 radical (unpaired) electrons. The first-order valence-electron chi connectivity index (χ1n) is 7.10. The molecule has 1 fully saturated rings. The molecule has 0 saturated carbocycles. The van der Waals surface area contributed by atoms with Crippen LogP contribution >= 0.6 is 0 Å². The number of nitrogens with two attached hydrogens (primary N) is 1. The summed E-state index contributed by atoms with van der Waals surface area (Å²) in [5, 5.41) is 2.91. The molecule has 110 valence electrons. The average molecular weight is 277 g/mol. The normalized spacial score (nSPS) is 20.4. The molecule has 1 aromatic rings. The Hall–Kier alpha value is -1.43. The van der Waals surface area contributed by atoms with Crippen LogP contribution in [0.25, 0.3) is 0 Å². The highest BCUT2D eigenvalue weighted by molar-refractivity contribution is 5.92. The number of anilines is 1. The maximum Gasteiger partial charge on any atom is 0.238 e. The van der Waals surface area contributed by atoms with Crippen molar-refractivity contribution in [2.75, 3.05) is 31.6 Å². The van der Waals surface area contributed by atoms with E-state index in [0.717, 1.165) is 37.4 Å². The van der Waals surface area contributed by atoms with Crippen LogP contribution in [-0.2, 0) is 16.1 Å². The fourth-order valence-electron chi connectivity index (χ4n) is 2.35. The van der Waals surface area contributed by atoms with E-state index in [1.54, 1.807) is 0 Å². The summed E-state index contributed by atoms with van der Waals surface area (Å²) < 4.78 is 5.57. The topological polar surface area (TPSA) is 67.6 Å². The van der Waals surface area contributed by atoms with Gasteiger partial charge >= 0.3 is 0 Å². The Kier molecular flexibility index (Phi) is 5.52. The second kappa shape index (κ2) is 7.38. The Morgan fingerprint density at radius 2 is 2.20 bits per heavy atom. The van der Waals surface area contributed by atoms with E-state index in [4.69, 9.17) is 10.5 Å². The molecule has 1 aromatic carbocycles. The third kappa shape index (κ3) is 4.59. The molecule has 0 bridgehead atoms. The molecule has 5 nitrogen and oxygen atoms in total. The second-order valence-corrected chi connectivity index (χ2v) is 5.22. The van der Waals surface area contributed by atoms with Gasteiger partial charge in [-0.15, -0.1) is 0 Å². The number of amides is 1. The zero-order valence-electron chi connectivity index (χ0n) is 12.0. The third-order valence-corrected chi connectivity index (χ3v) is 3.38. The summed E-state index contributed by atoms with van der Waals surface area (Å²) in [6.45, 7) is 5.46. The molecule has 20 heavy (non-hydrogen) atoms. The highest BCUT2D eigenvalue weighted by Gasteiger charge is 2.17. The molecular formula is C15H23N3O2. The predicted octanol–water partition coefficient (Wildman–Crippen LogP) is 1.19. The molecule has 1 heterocycles. The molecule has 1 atom stereocenters. The van der Waals surface area contributed by atoms with E-state index < -0.39 is 0 Å². The number of ether oxygens (including phenoxy) is 1. The van der Waals surface area contributed by atoms with Crippen LogP contribution in [0.2, 0.25) is 0 Å². The van der Waals surface area contributed by atoms with Crippen molar-refractivity contribution in [3.8, 4) is 0 Å². The smallest absolute Gasteiger partial charge is 0.238 e. The lowest BCUT2D eigenvalue weighted by Crippen LogP contribution is -2.37. The van der Waals surface area contributed by atoms with Gasteiger partial charge in [-0.2, -0.15) is 0 Å². The van der Waals surface area contributed by atoms with Crippen molar-refractivity contribution in [2.45, 2.75) is 26.0 Å². The lowest BCUT2D eigenvalue weighted by Gasteiger charge is -2.21. The van der Waals surface area contributed by atoms with Gasteiger partial charge in [-0.3, -0.25) is 9.69 Å². The number of hydrogen-bond donors (Lipinski definition) is 2. The number of rotatable bonds is 4. The van der Waals surface area contributed by atoms with Crippen LogP contribution in [0.15, 0.2) is 24.3 Å². The first-order valence-corrected chi connectivity index (χ1v) is 7.10. The Labute approximate surface area is 120 Å². The van der Waals surface area contributed by atoms with Crippen molar-refractivity contribution in [1.29, 1.82) is 0 Å². The van der Waals surface area contributed by atoms with Gasteiger partial charge in [-0.05, 0) is 31.0 Å². The zero-order chi connectivity index (χ0) is 14.4. The Morgan fingerprint density at radius 3 is 2.90 bits per heavy atom. The minimum absolute atomic E-state index is 0.0135. The van der Waals surface area contributed by atoms with E-state index in [9.17, 15) is 4.79 Å². The number of nitrogens with zero attached hydrogens (tertiary/aromatic N) is 1. The highest BCUT2D eigenvalue weighted by Crippen LogP contribution is 2.10. The molecule has 0 aliphatic carbocycles. The average Bonchev–Trinajstić information content (AvgIpc) is 2.63. The Morgan fingerprint density at radius 1 is 1.45 bits per heavy atom. The molecule has 1 saturated heterocycles. The molecular weight excluding hydrogens is 254 g/mol. The number of carbonyl (C=O) groups is 1. The van der Waals surface area contributed by atoms with Crippen LogP contribution in [0, 0.1) is 0 Å². The van der Waals surface area contributed by atoms with Gasteiger partial charge in [0.25, 0.3) is 0 Å². The van der Waals surface area contributed by atoms with Crippen molar-refractivity contribution < 1.29 is 9.53 Å². The molecule has 1 unspecified atom stereocenters. The fraction of sp³-hybridized carbons (Fsp3) is 0.533. The number of hydrogen-bond acceptors (Lipinski definition) is 4. The molecule has 5 heteroatoms.